The largest absolute Gasteiger partial charge is 0.454 e. The van der Waals surface area contributed by atoms with E-state index in [9.17, 15) is 5.26 Å². The third-order valence-corrected chi connectivity index (χ3v) is 8.42. The molecular weight excluding hydrogens is 452 g/mol. The lowest BCUT2D eigenvalue weighted by Crippen LogP contribution is -2.36. The summed E-state index contributed by atoms with van der Waals surface area (Å²) < 4.78 is 9.07. The van der Waals surface area contributed by atoms with Crippen LogP contribution in [-0.2, 0) is 13.5 Å². The lowest BCUT2D eigenvalue weighted by Gasteiger charge is -2.21. The van der Waals surface area contributed by atoms with Gasteiger partial charge in [-0.2, -0.15) is 9.83 Å². The first-order valence-electron chi connectivity index (χ1n) is 13.5. The molecular formula is C34H33N2O+. The molecule has 0 amide bonds. The summed E-state index contributed by atoms with van der Waals surface area (Å²) in [6, 6.07) is 25.4. The first-order chi connectivity index (χ1) is 18.0. The number of nitriles is 1. The highest BCUT2D eigenvalue weighted by Crippen LogP contribution is 2.41. The van der Waals surface area contributed by atoms with Gasteiger partial charge in [-0.25, -0.2) is 0 Å². The summed E-state index contributed by atoms with van der Waals surface area (Å²) in [4.78, 5) is 0. The molecule has 0 spiro atoms. The first kappa shape index (κ1) is 23.5. The van der Waals surface area contributed by atoms with Crippen LogP contribution in [0.25, 0.3) is 44.3 Å². The number of hydrogen-bond donors (Lipinski definition) is 0. The molecule has 37 heavy (non-hydrogen) atoms. The van der Waals surface area contributed by atoms with E-state index >= 15 is 0 Å². The monoisotopic (exact) mass is 485 g/mol. The number of rotatable bonds is 4. The van der Waals surface area contributed by atoms with E-state index < -0.39 is 0 Å². The molecule has 0 saturated heterocycles. The van der Waals surface area contributed by atoms with Gasteiger partial charge < -0.3 is 4.42 Å². The van der Waals surface area contributed by atoms with Crippen molar-refractivity contribution in [2.45, 2.75) is 52.4 Å². The number of furan rings is 1. The van der Waals surface area contributed by atoms with Crippen molar-refractivity contribution in [3.8, 4) is 28.5 Å². The van der Waals surface area contributed by atoms with Gasteiger partial charge in [-0.05, 0) is 48.6 Å². The zero-order chi connectivity index (χ0) is 25.5. The minimum absolute atomic E-state index is 0.643. The van der Waals surface area contributed by atoms with E-state index in [1.54, 1.807) is 0 Å². The average molecular weight is 486 g/mol. The summed E-state index contributed by atoms with van der Waals surface area (Å²) >= 11 is 0. The standard InChI is InChI=1S/C34H33N2O/c1-22-14-16-28-30-20-25(21-35)19-29(26-12-8-5-9-13-26)33(30)37-34(28)32(22)31-17-15-27(23(2)36(31)3)18-24-10-6-4-7-11-24/h5,8-9,12-17,19-20,24H,4,6-7,10-11,18H2,1-3H3/q+1. The van der Waals surface area contributed by atoms with Crippen molar-refractivity contribution in [3.63, 3.8) is 0 Å². The van der Waals surface area contributed by atoms with Crippen LogP contribution in [0, 0.1) is 31.1 Å². The smallest absolute Gasteiger partial charge is 0.216 e. The number of nitrogens with zero attached hydrogens (tertiary/aromatic N) is 2. The van der Waals surface area contributed by atoms with Crippen LogP contribution in [0.15, 0.2) is 71.1 Å². The van der Waals surface area contributed by atoms with E-state index in [2.05, 4.69) is 67.9 Å². The topological polar surface area (TPSA) is 40.8 Å². The Kier molecular flexibility index (Phi) is 6.05. The van der Waals surface area contributed by atoms with E-state index in [1.165, 1.54) is 55.3 Å². The number of hydrogen-bond acceptors (Lipinski definition) is 2. The summed E-state index contributed by atoms with van der Waals surface area (Å²) in [7, 11) is 2.18. The van der Waals surface area contributed by atoms with Gasteiger partial charge in [-0.15, -0.1) is 0 Å². The summed E-state index contributed by atoms with van der Waals surface area (Å²) in [6.07, 6.45) is 8.03. The maximum atomic E-state index is 9.78. The normalized spacial score (nSPS) is 14.3. The van der Waals surface area contributed by atoms with Crippen molar-refractivity contribution in [3.05, 3.63) is 89.1 Å². The third-order valence-electron chi connectivity index (χ3n) is 8.42. The van der Waals surface area contributed by atoms with Crippen LogP contribution in [0.2, 0.25) is 0 Å². The number of benzene rings is 3. The lowest BCUT2D eigenvalue weighted by molar-refractivity contribution is -0.667. The van der Waals surface area contributed by atoms with Crippen LogP contribution in [0.3, 0.4) is 0 Å². The van der Waals surface area contributed by atoms with Gasteiger partial charge in [0.2, 0.25) is 5.69 Å². The molecule has 0 N–H and O–H groups in total. The Morgan fingerprint density at radius 3 is 2.43 bits per heavy atom. The molecule has 0 atom stereocenters. The number of fused-ring (bicyclic) bond motifs is 3. The van der Waals surface area contributed by atoms with Crippen LogP contribution < -0.4 is 4.57 Å². The first-order valence-corrected chi connectivity index (χ1v) is 13.5. The second kappa shape index (κ2) is 9.52. The minimum atomic E-state index is 0.643. The molecule has 1 saturated carbocycles. The van der Waals surface area contributed by atoms with Crippen molar-refractivity contribution < 1.29 is 8.98 Å². The fourth-order valence-corrected chi connectivity index (χ4v) is 6.23. The summed E-state index contributed by atoms with van der Waals surface area (Å²) in [6.45, 7) is 4.41. The van der Waals surface area contributed by atoms with Crippen molar-refractivity contribution in [1.82, 2.24) is 0 Å². The Hall–Kier alpha value is -3.90. The van der Waals surface area contributed by atoms with Crippen LogP contribution in [0.1, 0.15) is 54.5 Å². The average Bonchev–Trinajstić information content (AvgIpc) is 3.31. The molecule has 3 aromatic carbocycles. The quantitative estimate of drug-likeness (QED) is 0.240. The molecule has 0 radical (unpaired) electrons. The van der Waals surface area contributed by atoms with E-state index in [0.717, 1.165) is 50.2 Å². The summed E-state index contributed by atoms with van der Waals surface area (Å²) in [5.74, 6) is 0.810. The molecule has 1 aliphatic rings. The van der Waals surface area contributed by atoms with E-state index in [4.69, 9.17) is 4.42 Å². The highest BCUT2D eigenvalue weighted by molar-refractivity contribution is 6.13. The second-order valence-corrected chi connectivity index (χ2v) is 10.7. The van der Waals surface area contributed by atoms with E-state index in [1.807, 2.05) is 30.3 Å². The van der Waals surface area contributed by atoms with Crippen molar-refractivity contribution in [2.24, 2.45) is 13.0 Å². The Bertz CT molecular complexity index is 1660. The highest BCUT2D eigenvalue weighted by Gasteiger charge is 2.25. The Morgan fingerprint density at radius 1 is 0.892 bits per heavy atom. The predicted octanol–water partition coefficient (Wildman–Crippen LogP) is 8.36. The van der Waals surface area contributed by atoms with Crippen LogP contribution >= 0.6 is 0 Å². The number of pyridine rings is 1. The van der Waals surface area contributed by atoms with E-state index in [-0.39, 0.29) is 0 Å². The summed E-state index contributed by atoms with van der Waals surface area (Å²) in [5.41, 5.74) is 10.6. The summed E-state index contributed by atoms with van der Waals surface area (Å²) in [5, 5.41) is 11.8. The molecule has 1 fully saturated rings. The van der Waals surface area contributed by atoms with Gasteiger partial charge in [0, 0.05) is 34.9 Å². The fourth-order valence-electron chi connectivity index (χ4n) is 6.23. The number of aromatic nitrogens is 1. The molecule has 3 heteroatoms. The molecule has 184 valence electrons. The van der Waals surface area contributed by atoms with Gasteiger partial charge in [-0.1, -0.05) is 74.6 Å². The van der Waals surface area contributed by atoms with Gasteiger partial charge in [-0.3, -0.25) is 0 Å². The molecule has 0 aliphatic heterocycles. The van der Waals surface area contributed by atoms with Crippen LogP contribution in [0.4, 0.5) is 0 Å². The Balaban J connectivity index is 1.54. The highest BCUT2D eigenvalue weighted by atomic mass is 16.3. The molecule has 6 rings (SSSR count). The van der Waals surface area contributed by atoms with Crippen LogP contribution in [0.5, 0.6) is 0 Å². The predicted molar refractivity (Wildman–Crippen MR) is 150 cm³/mol. The van der Waals surface area contributed by atoms with Crippen molar-refractivity contribution in [2.75, 3.05) is 0 Å². The van der Waals surface area contributed by atoms with Gasteiger partial charge in [0.15, 0.2) is 5.69 Å². The van der Waals surface area contributed by atoms with Crippen molar-refractivity contribution in [1.29, 1.82) is 5.26 Å². The van der Waals surface area contributed by atoms with Gasteiger partial charge in [0.25, 0.3) is 0 Å². The molecule has 3 nitrogen and oxygen atoms in total. The zero-order valence-corrected chi connectivity index (χ0v) is 22.0. The van der Waals surface area contributed by atoms with Gasteiger partial charge in [0.05, 0.1) is 17.2 Å². The van der Waals surface area contributed by atoms with Gasteiger partial charge >= 0.3 is 0 Å². The van der Waals surface area contributed by atoms with Crippen molar-refractivity contribution >= 4 is 21.9 Å². The third kappa shape index (κ3) is 4.11. The van der Waals surface area contributed by atoms with Gasteiger partial charge in [0.1, 0.15) is 18.2 Å². The maximum absolute atomic E-state index is 9.78. The molecule has 2 heterocycles. The Morgan fingerprint density at radius 2 is 1.68 bits per heavy atom. The number of aryl methyl sites for hydroxylation is 1. The van der Waals surface area contributed by atoms with Crippen LogP contribution in [-0.4, -0.2) is 0 Å². The SMILES string of the molecule is Cc1ccc2c(oc3c(-c4ccccc4)cc(C#N)cc32)c1-c1ccc(CC2CCCCC2)c(C)[n+]1C. The lowest BCUT2D eigenvalue weighted by atomic mass is 9.84. The Labute approximate surface area is 219 Å². The second-order valence-electron chi connectivity index (χ2n) is 10.7. The molecule has 2 aromatic heterocycles. The molecule has 0 bridgehead atoms. The molecule has 5 aromatic rings. The van der Waals surface area contributed by atoms with E-state index in [0.29, 0.717) is 5.56 Å². The zero-order valence-electron chi connectivity index (χ0n) is 22.0. The maximum Gasteiger partial charge on any atom is 0.216 e. The molecule has 1 aliphatic carbocycles. The molecule has 0 unspecified atom stereocenters. The minimum Gasteiger partial charge on any atom is -0.454 e. The fraction of sp³-hybridized carbons (Fsp3) is 0.294.